The lowest BCUT2D eigenvalue weighted by atomic mass is 10.1. The van der Waals surface area contributed by atoms with Crippen molar-refractivity contribution in [3.05, 3.63) is 95.0 Å². The highest BCUT2D eigenvalue weighted by molar-refractivity contribution is 9.10. The van der Waals surface area contributed by atoms with Crippen LogP contribution in [-0.2, 0) is 9.36 Å². The zero-order valence-corrected chi connectivity index (χ0v) is 17.8. The van der Waals surface area contributed by atoms with E-state index in [9.17, 15) is 19.7 Å². The number of rotatable bonds is 7. The van der Waals surface area contributed by atoms with E-state index < -0.39 is 18.8 Å². The van der Waals surface area contributed by atoms with Crippen LogP contribution in [0.2, 0.25) is 0 Å². The van der Waals surface area contributed by atoms with Crippen LogP contribution in [0.3, 0.4) is 0 Å². The number of hydrogen-bond donors (Lipinski definition) is 2. The molecule has 2 N–H and O–H groups in total. The van der Waals surface area contributed by atoms with E-state index in [0.717, 1.165) is 4.47 Å². The van der Waals surface area contributed by atoms with E-state index in [0.29, 0.717) is 16.2 Å². The van der Waals surface area contributed by atoms with Crippen LogP contribution in [0.5, 0.6) is 0 Å². The number of hydrogen-bond acceptors (Lipinski definition) is 4. The second kappa shape index (κ2) is 9.21. The molecule has 0 aliphatic rings. The predicted octanol–water partition coefficient (Wildman–Crippen LogP) is 4.48. The first kappa shape index (κ1) is 21.0. The fourth-order valence-electron chi connectivity index (χ4n) is 3.22. The number of carbonyl (C=O) groups is 1. The summed E-state index contributed by atoms with van der Waals surface area (Å²) in [7, 11) is -3.59. The summed E-state index contributed by atoms with van der Waals surface area (Å²) in [6.07, 6.45) is -0.186. The van der Waals surface area contributed by atoms with Gasteiger partial charge in [0.05, 0.1) is 5.71 Å². The van der Waals surface area contributed by atoms with Gasteiger partial charge in [0.2, 0.25) is 0 Å². The maximum Gasteiger partial charge on any atom is 0.315 e. The Labute approximate surface area is 177 Å². The first-order chi connectivity index (χ1) is 14.0. The van der Waals surface area contributed by atoms with Crippen LogP contribution in [0.15, 0.2) is 94.6 Å². The van der Waals surface area contributed by atoms with Crippen molar-refractivity contribution in [1.82, 2.24) is 0 Å². The van der Waals surface area contributed by atoms with Gasteiger partial charge in [-0.15, -0.1) is 0 Å². The molecule has 29 heavy (non-hydrogen) atoms. The van der Waals surface area contributed by atoms with Crippen LogP contribution < -0.4 is 10.6 Å². The number of halogens is 1. The van der Waals surface area contributed by atoms with Crippen molar-refractivity contribution in [3.8, 4) is 0 Å². The molecule has 0 heterocycles. The molecule has 0 aliphatic carbocycles. The van der Waals surface area contributed by atoms with Gasteiger partial charge in [-0.2, -0.15) is 0 Å². The van der Waals surface area contributed by atoms with Gasteiger partial charge in [-0.05, 0) is 17.7 Å². The minimum absolute atomic E-state index is 0.164. The minimum Gasteiger partial charge on any atom is -0.481 e. The van der Waals surface area contributed by atoms with Crippen LogP contribution in [0.4, 0.5) is 0 Å². The van der Waals surface area contributed by atoms with E-state index in [1.165, 1.54) is 0 Å². The number of carboxylic acid groups (broad SMARTS) is 1. The molecule has 1 unspecified atom stereocenters. The van der Waals surface area contributed by atoms with Gasteiger partial charge in [0.25, 0.3) is 0 Å². The normalized spacial score (nSPS) is 13.1. The maximum atomic E-state index is 14.4. The Balaban J connectivity index is 2.12. The Kier molecular flexibility index (Phi) is 6.68. The minimum atomic E-state index is -3.59. The van der Waals surface area contributed by atoms with Crippen molar-refractivity contribution in [2.75, 3.05) is 0 Å². The Hall–Kier alpha value is -2.69. The van der Waals surface area contributed by atoms with E-state index in [4.69, 9.17) is 0 Å². The lowest BCUT2D eigenvalue weighted by Gasteiger charge is -2.26. The largest absolute Gasteiger partial charge is 0.481 e. The molecule has 1 atom stereocenters. The van der Waals surface area contributed by atoms with Gasteiger partial charge in [0.15, 0.2) is 7.14 Å². The van der Waals surface area contributed by atoms with Crippen molar-refractivity contribution in [1.29, 1.82) is 0 Å². The van der Waals surface area contributed by atoms with Crippen LogP contribution in [0, 0.1) is 0 Å². The molecule has 3 aromatic carbocycles. The molecule has 0 saturated heterocycles. The SMILES string of the molecule is O=C(O)C(CC(=NO)c1ccc(Br)cc1)P(=O)(c1ccccc1)c1ccccc1. The van der Waals surface area contributed by atoms with E-state index in [2.05, 4.69) is 21.1 Å². The van der Waals surface area contributed by atoms with E-state index in [-0.39, 0.29) is 12.1 Å². The molecule has 0 amide bonds. The zero-order chi connectivity index (χ0) is 20.9. The quantitative estimate of drug-likeness (QED) is 0.230. The van der Waals surface area contributed by atoms with Gasteiger partial charge in [-0.3, -0.25) is 4.79 Å². The van der Waals surface area contributed by atoms with Gasteiger partial charge < -0.3 is 14.9 Å². The fraction of sp³-hybridized carbons (Fsp3) is 0.0909. The van der Waals surface area contributed by atoms with Crippen LogP contribution in [0.1, 0.15) is 12.0 Å². The monoisotopic (exact) mass is 471 g/mol. The Bertz CT molecular complexity index is 1010. The lowest BCUT2D eigenvalue weighted by Crippen LogP contribution is -2.33. The summed E-state index contributed by atoms with van der Waals surface area (Å²) in [4.78, 5) is 12.3. The average molecular weight is 472 g/mol. The average Bonchev–Trinajstić information content (AvgIpc) is 2.76. The highest BCUT2D eigenvalue weighted by atomic mass is 79.9. The zero-order valence-electron chi connectivity index (χ0n) is 15.4. The van der Waals surface area contributed by atoms with Crippen molar-refractivity contribution in [2.24, 2.45) is 5.16 Å². The molecule has 0 bridgehead atoms. The Morgan fingerprint density at radius 1 is 0.897 bits per heavy atom. The van der Waals surface area contributed by atoms with E-state index >= 15 is 0 Å². The second-order valence-corrected chi connectivity index (χ2v) is 10.3. The molecule has 148 valence electrons. The maximum absolute atomic E-state index is 14.4. The van der Waals surface area contributed by atoms with Crippen LogP contribution in [0.25, 0.3) is 0 Å². The molecule has 7 heteroatoms. The van der Waals surface area contributed by atoms with Crippen molar-refractivity contribution in [2.45, 2.75) is 12.1 Å². The predicted molar refractivity (Wildman–Crippen MR) is 118 cm³/mol. The highest BCUT2D eigenvalue weighted by Crippen LogP contribution is 2.50. The summed E-state index contributed by atoms with van der Waals surface area (Å²) < 4.78 is 15.2. The molecule has 0 aliphatic heterocycles. The summed E-state index contributed by atoms with van der Waals surface area (Å²) in [6.45, 7) is 0. The van der Waals surface area contributed by atoms with Crippen LogP contribution >= 0.6 is 23.1 Å². The molecule has 0 radical (unpaired) electrons. The Morgan fingerprint density at radius 2 is 1.38 bits per heavy atom. The number of benzene rings is 3. The summed E-state index contributed by atoms with van der Waals surface area (Å²) >= 11 is 3.34. The van der Waals surface area contributed by atoms with Gasteiger partial charge in [0.1, 0.15) is 5.66 Å². The first-order valence-electron chi connectivity index (χ1n) is 8.87. The molecule has 0 fully saturated rings. The van der Waals surface area contributed by atoms with Crippen LogP contribution in [-0.4, -0.2) is 27.7 Å². The third kappa shape index (κ3) is 4.50. The van der Waals surface area contributed by atoms with Crippen molar-refractivity contribution < 1.29 is 19.7 Å². The van der Waals surface area contributed by atoms with Crippen molar-refractivity contribution in [3.63, 3.8) is 0 Å². The first-order valence-corrected chi connectivity index (χ1v) is 11.4. The molecule has 5 nitrogen and oxygen atoms in total. The molecule has 0 spiro atoms. The summed E-state index contributed by atoms with van der Waals surface area (Å²) in [5.74, 6) is -1.21. The standard InChI is InChI=1S/C22H19BrNO4P/c23-17-13-11-16(12-14-17)20(24-27)15-21(22(25)26)29(28,18-7-3-1-4-8-18)19-9-5-2-6-10-19/h1-14,21,27H,15H2,(H,25,26). The number of carboxylic acids is 1. The highest BCUT2D eigenvalue weighted by Gasteiger charge is 2.42. The van der Waals surface area contributed by atoms with Gasteiger partial charge >= 0.3 is 5.97 Å². The molecule has 0 aromatic heterocycles. The molecular formula is C22H19BrNO4P. The fourth-order valence-corrected chi connectivity index (χ4v) is 6.47. The molecule has 3 aromatic rings. The van der Waals surface area contributed by atoms with Crippen molar-refractivity contribution >= 4 is 45.4 Å². The Morgan fingerprint density at radius 3 is 1.79 bits per heavy atom. The third-order valence-electron chi connectivity index (χ3n) is 4.69. The van der Waals surface area contributed by atoms with Gasteiger partial charge in [-0.1, -0.05) is 93.9 Å². The number of aliphatic carboxylic acids is 1. The summed E-state index contributed by atoms with van der Waals surface area (Å²) in [5.41, 5.74) is -0.562. The van der Waals surface area contributed by atoms with E-state index in [1.54, 1.807) is 84.9 Å². The number of nitrogens with zero attached hydrogens (tertiary/aromatic N) is 1. The topological polar surface area (TPSA) is 87.0 Å². The lowest BCUT2D eigenvalue weighted by molar-refractivity contribution is -0.136. The number of oxime groups is 1. The molecule has 3 rings (SSSR count). The van der Waals surface area contributed by atoms with E-state index in [1.807, 2.05) is 0 Å². The van der Waals surface area contributed by atoms with Gasteiger partial charge in [-0.25, -0.2) is 0 Å². The summed E-state index contributed by atoms with van der Waals surface area (Å²) in [5, 5.41) is 23.9. The second-order valence-electron chi connectivity index (χ2n) is 6.44. The summed E-state index contributed by atoms with van der Waals surface area (Å²) in [6, 6.07) is 24.2. The smallest absolute Gasteiger partial charge is 0.315 e. The van der Waals surface area contributed by atoms with Gasteiger partial charge in [0, 0.05) is 21.5 Å². The molecule has 0 saturated carbocycles. The molecular weight excluding hydrogens is 453 g/mol. The third-order valence-corrected chi connectivity index (χ3v) is 8.63.